The maximum atomic E-state index is 15.4. The first kappa shape index (κ1) is 43.6. The molecule has 59 heavy (non-hydrogen) atoms. The molecule has 0 spiro atoms. The zero-order valence-corrected chi connectivity index (χ0v) is 34.2. The molecule has 2 aromatic rings. The number of aliphatic hydroxyl groups excluding tert-OH is 2. The van der Waals surface area contributed by atoms with E-state index in [1.807, 2.05) is 0 Å². The Balaban J connectivity index is 1.55. The summed E-state index contributed by atoms with van der Waals surface area (Å²) in [6, 6.07) is 15.9. The largest absolute Gasteiger partial charge is 0.456 e. The third-order valence-corrected chi connectivity index (χ3v) is 12.8. The molecule has 0 amide bonds. The average Bonchev–Trinajstić information content (AvgIpc) is 3.18. The first-order valence-corrected chi connectivity index (χ1v) is 19.8. The molecule has 0 aromatic heterocycles. The predicted molar refractivity (Wildman–Crippen MR) is 205 cm³/mol. The van der Waals surface area contributed by atoms with Gasteiger partial charge in [0.25, 0.3) is 0 Å². The van der Waals surface area contributed by atoms with Crippen LogP contribution in [0.1, 0.15) is 96.2 Å². The van der Waals surface area contributed by atoms with Gasteiger partial charge in [-0.3, -0.25) is 19.2 Å². The number of rotatable bonds is 11. The molecule has 0 radical (unpaired) electrons. The van der Waals surface area contributed by atoms with E-state index >= 15 is 4.79 Å². The lowest BCUT2D eigenvalue weighted by molar-refractivity contribution is -0.346. The predicted octanol–water partition coefficient (Wildman–Crippen LogP) is 3.65. The van der Waals surface area contributed by atoms with Gasteiger partial charge in [0.2, 0.25) is 0 Å². The second-order valence-electron chi connectivity index (χ2n) is 16.7. The van der Waals surface area contributed by atoms with Gasteiger partial charge in [-0.05, 0) is 49.1 Å². The molecule has 15 nitrogen and oxygen atoms in total. The molecule has 3 aliphatic carbocycles. The van der Waals surface area contributed by atoms with Crippen LogP contribution in [0.5, 0.6) is 0 Å². The van der Waals surface area contributed by atoms with E-state index < -0.39 is 113 Å². The SMILES string of the molecule is CCCC(=O)O[C@@H](c1ccccc1)[C@@H](O)C(=O)O[C@@H]1C[C@@]2(O)[C@H](OC(=O)c3ccccc3)[C@H]3C4(OC(C)=O)CO[C@@H]4C[C@H](O)[C@@]3(C)C(=O)[C@H](OC(C)=O)C(=C1C)C2(C)C. The molecule has 4 aliphatic rings. The number of aliphatic hydroxyl groups is 3. The molecule has 2 aromatic carbocycles. The number of carbonyl (C=O) groups is 6. The molecule has 1 unspecified atom stereocenters. The van der Waals surface area contributed by atoms with Gasteiger partial charge >= 0.3 is 29.8 Å². The molecule has 1 aliphatic heterocycles. The van der Waals surface area contributed by atoms with Gasteiger partial charge in [-0.1, -0.05) is 69.3 Å². The van der Waals surface area contributed by atoms with Gasteiger partial charge in [0, 0.05) is 38.5 Å². The summed E-state index contributed by atoms with van der Waals surface area (Å²) in [5.41, 5.74) is -7.33. The van der Waals surface area contributed by atoms with Crippen LogP contribution in [0.25, 0.3) is 0 Å². The van der Waals surface area contributed by atoms with Gasteiger partial charge in [-0.15, -0.1) is 0 Å². The number of benzene rings is 2. The second-order valence-corrected chi connectivity index (χ2v) is 16.7. The fourth-order valence-corrected chi connectivity index (χ4v) is 9.71. The molecule has 15 heteroatoms. The highest BCUT2D eigenvalue weighted by molar-refractivity contribution is 5.95. The van der Waals surface area contributed by atoms with E-state index in [1.54, 1.807) is 69.3 Å². The van der Waals surface area contributed by atoms with Crippen molar-refractivity contribution in [3.8, 4) is 0 Å². The van der Waals surface area contributed by atoms with Gasteiger partial charge in [0.1, 0.15) is 23.9 Å². The molecule has 2 bridgehead atoms. The summed E-state index contributed by atoms with van der Waals surface area (Å²) in [4.78, 5) is 82.3. The Hall–Kier alpha value is -4.96. The van der Waals surface area contributed by atoms with Crippen LogP contribution < -0.4 is 0 Å². The first-order chi connectivity index (χ1) is 27.7. The van der Waals surface area contributed by atoms with E-state index in [0.717, 1.165) is 13.8 Å². The van der Waals surface area contributed by atoms with E-state index in [2.05, 4.69) is 0 Å². The van der Waals surface area contributed by atoms with E-state index in [-0.39, 0.29) is 36.2 Å². The number of fused-ring (bicyclic) bond motifs is 5. The summed E-state index contributed by atoms with van der Waals surface area (Å²) < 4.78 is 35.7. The van der Waals surface area contributed by atoms with E-state index in [9.17, 15) is 39.3 Å². The van der Waals surface area contributed by atoms with Crippen LogP contribution in [-0.4, -0.2) is 105 Å². The van der Waals surface area contributed by atoms with Crippen LogP contribution >= 0.6 is 0 Å². The highest BCUT2D eigenvalue weighted by Crippen LogP contribution is 2.64. The maximum Gasteiger partial charge on any atom is 0.339 e. The number of ether oxygens (including phenoxy) is 6. The minimum Gasteiger partial charge on any atom is -0.456 e. The Bertz CT molecular complexity index is 2010. The van der Waals surface area contributed by atoms with E-state index in [0.29, 0.717) is 12.0 Å². The van der Waals surface area contributed by atoms with Crippen LogP contribution in [-0.2, 0) is 52.4 Å². The Morgan fingerprint density at radius 2 is 1.54 bits per heavy atom. The quantitative estimate of drug-likeness (QED) is 0.167. The Labute approximate surface area is 341 Å². The molecule has 3 fully saturated rings. The van der Waals surface area contributed by atoms with Crippen molar-refractivity contribution in [2.75, 3.05) is 6.61 Å². The van der Waals surface area contributed by atoms with Crippen molar-refractivity contribution in [3.05, 3.63) is 82.9 Å². The van der Waals surface area contributed by atoms with Crippen LogP contribution in [0.15, 0.2) is 71.8 Å². The van der Waals surface area contributed by atoms with Crippen molar-refractivity contribution in [1.29, 1.82) is 0 Å². The normalized spacial score (nSPS) is 32.9. The third kappa shape index (κ3) is 7.36. The molecular weight excluding hydrogens is 768 g/mol. The number of esters is 5. The van der Waals surface area contributed by atoms with Crippen LogP contribution in [0.4, 0.5) is 0 Å². The number of hydrogen-bond donors (Lipinski definition) is 3. The highest BCUT2D eigenvalue weighted by Gasteiger charge is 2.78. The molecule has 1 saturated heterocycles. The van der Waals surface area contributed by atoms with Crippen LogP contribution in [0, 0.1) is 16.7 Å². The lowest BCUT2D eigenvalue weighted by Gasteiger charge is -2.67. The highest BCUT2D eigenvalue weighted by atomic mass is 16.6. The number of hydrogen-bond acceptors (Lipinski definition) is 15. The summed E-state index contributed by atoms with van der Waals surface area (Å²) >= 11 is 0. The van der Waals surface area contributed by atoms with Gasteiger partial charge < -0.3 is 43.7 Å². The summed E-state index contributed by atoms with van der Waals surface area (Å²) in [7, 11) is 0. The van der Waals surface area contributed by atoms with Crippen molar-refractivity contribution in [1.82, 2.24) is 0 Å². The molecule has 11 atom stereocenters. The van der Waals surface area contributed by atoms with Gasteiger partial charge in [-0.2, -0.15) is 0 Å². The Morgan fingerprint density at radius 1 is 0.915 bits per heavy atom. The smallest absolute Gasteiger partial charge is 0.339 e. The van der Waals surface area contributed by atoms with Gasteiger partial charge in [-0.25, -0.2) is 9.59 Å². The van der Waals surface area contributed by atoms with E-state index in [4.69, 9.17) is 28.4 Å². The van der Waals surface area contributed by atoms with Crippen molar-refractivity contribution in [2.24, 2.45) is 16.7 Å². The lowest BCUT2D eigenvalue weighted by Crippen LogP contribution is -2.82. The summed E-state index contributed by atoms with van der Waals surface area (Å²) in [6.07, 6.45) is -11.6. The van der Waals surface area contributed by atoms with Crippen molar-refractivity contribution >= 4 is 35.6 Å². The third-order valence-electron chi connectivity index (χ3n) is 12.8. The Morgan fingerprint density at radius 3 is 2.10 bits per heavy atom. The number of carbonyl (C=O) groups excluding carboxylic acids is 6. The maximum absolute atomic E-state index is 15.4. The molecule has 2 saturated carbocycles. The second kappa shape index (κ2) is 16.2. The van der Waals surface area contributed by atoms with E-state index in [1.165, 1.54) is 26.0 Å². The standard InChI is InChI=1S/C44H52O15/c1-8-15-31(48)57-34(26-16-11-9-12-17-26)33(49)40(52)56-28-21-44(53)38(58-39(51)27-18-13-10-14-19-27)36-42(7,29(47)20-30-43(36,22-54-30)59-25(4)46)37(50)35(55-24(3)45)32(23(28)2)41(44,5)6/h9-14,16-19,28-30,33-36,38,47,49,53H,8,15,20-22H2,1-7H3/t28-,29+,30-,33-,34+,35-,36-,38-,42-,43?,44-/m1/s1. The minimum atomic E-state index is -2.38. The molecule has 1 heterocycles. The zero-order valence-electron chi connectivity index (χ0n) is 34.2. The molecule has 318 valence electrons. The van der Waals surface area contributed by atoms with Gasteiger partial charge in [0.05, 0.1) is 29.6 Å². The van der Waals surface area contributed by atoms with Crippen molar-refractivity contribution < 1.29 is 72.5 Å². The Kier molecular flexibility index (Phi) is 12.0. The zero-order chi connectivity index (χ0) is 43.2. The summed E-state index contributed by atoms with van der Waals surface area (Å²) in [5, 5.41) is 37.1. The fraction of sp³-hybridized carbons (Fsp3) is 0.545. The van der Waals surface area contributed by atoms with Crippen molar-refractivity contribution in [3.63, 3.8) is 0 Å². The number of ketones is 1. The fourth-order valence-electron chi connectivity index (χ4n) is 9.71. The van der Waals surface area contributed by atoms with Crippen LogP contribution in [0.3, 0.4) is 0 Å². The topological polar surface area (TPSA) is 218 Å². The van der Waals surface area contributed by atoms with Crippen molar-refractivity contribution in [2.45, 2.75) is 128 Å². The van der Waals surface area contributed by atoms with Gasteiger partial charge in [0.15, 0.2) is 29.7 Å². The van der Waals surface area contributed by atoms with Crippen LogP contribution in [0.2, 0.25) is 0 Å². The first-order valence-electron chi connectivity index (χ1n) is 19.8. The summed E-state index contributed by atoms with van der Waals surface area (Å²) in [5.74, 6) is -6.95. The monoisotopic (exact) mass is 820 g/mol. The number of Topliss-reactive ketones (excluding diaryl/α,β-unsaturated/α-hetero) is 1. The molecule has 6 rings (SSSR count). The lowest BCUT2D eigenvalue weighted by atomic mass is 9.44. The molecular formula is C44H52O15. The minimum absolute atomic E-state index is 0.00518. The summed E-state index contributed by atoms with van der Waals surface area (Å²) in [6.45, 7) is 9.71. The average molecular weight is 821 g/mol. The molecule has 3 N–H and O–H groups in total.